The van der Waals surface area contributed by atoms with E-state index in [-0.39, 0.29) is 0 Å². The third-order valence-corrected chi connectivity index (χ3v) is 7.39. The first-order valence-corrected chi connectivity index (χ1v) is 13.2. The Morgan fingerprint density at radius 3 is 2.61 bits per heavy atom. The van der Waals surface area contributed by atoms with Gasteiger partial charge in [0.2, 0.25) is 0 Å². The van der Waals surface area contributed by atoms with Crippen LogP contribution in [0, 0.1) is 0 Å². The molecule has 0 aliphatic heterocycles. The van der Waals surface area contributed by atoms with Crippen LogP contribution in [0.1, 0.15) is 26.3 Å². The molecule has 5 rings (SSSR count). The lowest BCUT2D eigenvalue weighted by atomic mass is 10.0. The van der Waals surface area contributed by atoms with Crippen molar-refractivity contribution in [2.45, 2.75) is 32.8 Å². The van der Waals surface area contributed by atoms with E-state index in [0.29, 0.717) is 28.0 Å². The fourth-order valence-corrected chi connectivity index (χ4v) is 5.49. The summed E-state index contributed by atoms with van der Waals surface area (Å²) in [7, 11) is 0. The van der Waals surface area contributed by atoms with E-state index >= 15 is 0 Å². The number of amides is 1. The summed E-state index contributed by atoms with van der Waals surface area (Å²) in [5, 5.41) is 10.7. The van der Waals surface area contributed by atoms with Crippen LogP contribution in [-0.4, -0.2) is 28.2 Å². The van der Waals surface area contributed by atoms with Crippen molar-refractivity contribution >= 4 is 95.1 Å². The molecule has 1 amide bonds. The largest absolute Gasteiger partial charge is 0.444 e. The molecule has 0 saturated heterocycles. The van der Waals surface area contributed by atoms with Crippen LogP contribution < -0.4 is 10.6 Å². The Morgan fingerprint density at radius 2 is 1.83 bits per heavy atom. The summed E-state index contributed by atoms with van der Waals surface area (Å²) in [6, 6.07) is 13.5. The number of anilines is 2. The molecule has 3 N–H and O–H groups in total. The molecule has 2 heterocycles. The highest BCUT2D eigenvalue weighted by Crippen LogP contribution is 2.37. The number of carbonyl (C=O) groups excluding carboxylic acids is 1. The van der Waals surface area contributed by atoms with E-state index in [1.807, 2.05) is 45.0 Å². The van der Waals surface area contributed by atoms with Gasteiger partial charge in [0.25, 0.3) is 0 Å². The number of H-pyrrole nitrogens is 1. The summed E-state index contributed by atoms with van der Waals surface area (Å²) in [6.45, 7) is 5.93. The van der Waals surface area contributed by atoms with Crippen molar-refractivity contribution in [2.75, 3.05) is 11.9 Å². The molecule has 36 heavy (non-hydrogen) atoms. The molecular formula is C26H23Cl3N4O2S. The van der Waals surface area contributed by atoms with E-state index in [9.17, 15) is 4.79 Å². The average Bonchev–Trinajstić information content (AvgIpc) is 3.33. The number of carbonyl (C=O) groups is 1. The van der Waals surface area contributed by atoms with Gasteiger partial charge in [0, 0.05) is 39.1 Å². The van der Waals surface area contributed by atoms with Gasteiger partial charge in [0.1, 0.15) is 5.60 Å². The number of hydrogen-bond acceptors (Lipinski definition) is 5. The van der Waals surface area contributed by atoms with E-state index in [0.717, 1.165) is 48.4 Å². The minimum absolute atomic E-state index is 0.418. The number of fused-ring (bicyclic) bond motifs is 4. The number of thiazole rings is 1. The first-order chi connectivity index (χ1) is 17.1. The Bertz CT molecular complexity index is 1580. The van der Waals surface area contributed by atoms with Crippen molar-refractivity contribution in [3.63, 3.8) is 0 Å². The van der Waals surface area contributed by atoms with Gasteiger partial charge in [-0.25, -0.2) is 9.78 Å². The molecule has 6 nitrogen and oxygen atoms in total. The van der Waals surface area contributed by atoms with Crippen LogP contribution >= 0.6 is 46.1 Å². The van der Waals surface area contributed by atoms with Gasteiger partial charge in [-0.05, 0) is 75.2 Å². The number of alkyl carbamates (subject to hydrolysis) is 1. The van der Waals surface area contributed by atoms with Crippen molar-refractivity contribution in [3.8, 4) is 0 Å². The van der Waals surface area contributed by atoms with Crippen molar-refractivity contribution in [1.29, 1.82) is 0 Å². The first kappa shape index (κ1) is 25.0. The first-order valence-electron chi connectivity index (χ1n) is 11.3. The molecule has 0 fully saturated rings. The number of nitrogens with zero attached hydrogens (tertiary/aromatic N) is 1. The highest BCUT2D eigenvalue weighted by molar-refractivity contribution is 7.22. The summed E-state index contributed by atoms with van der Waals surface area (Å²) in [5.41, 5.74) is 4.10. The van der Waals surface area contributed by atoms with E-state index in [1.165, 1.54) is 11.3 Å². The average molecular weight is 562 g/mol. The normalized spacial score (nSPS) is 11.9. The van der Waals surface area contributed by atoms with Crippen LogP contribution in [0.2, 0.25) is 15.1 Å². The maximum absolute atomic E-state index is 12.1. The van der Waals surface area contributed by atoms with Crippen LogP contribution in [0.15, 0.2) is 42.5 Å². The van der Waals surface area contributed by atoms with Crippen molar-refractivity contribution in [2.24, 2.45) is 0 Å². The SMILES string of the molecule is CC(C)(C)OC(=O)NCCc1cc(Nc2nc3cc(Cl)c(Cl)cc3s2)cc2c1[nH]c1ccc(Cl)cc12. The second kappa shape index (κ2) is 9.63. The van der Waals surface area contributed by atoms with Gasteiger partial charge in [0.15, 0.2) is 5.13 Å². The van der Waals surface area contributed by atoms with E-state index < -0.39 is 11.7 Å². The van der Waals surface area contributed by atoms with Crippen LogP contribution in [0.4, 0.5) is 15.6 Å². The number of nitrogens with one attached hydrogen (secondary N) is 3. The quantitative estimate of drug-likeness (QED) is 0.200. The predicted molar refractivity (Wildman–Crippen MR) is 152 cm³/mol. The second-order valence-corrected chi connectivity index (χ2v) is 11.7. The zero-order valence-corrected chi connectivity index (χ0v) is 22.8. The summed E-state index contributed by atoms with van der Waals surface area (Å²) in [4.78, 5) is 20.3. The number of halogens is 3. The van der Waals surface area contributed by atoms with Crippen LogP contribution in [0.25, 0.3) is 32.0 Å². The molecule has 5 aromatic rings. The summed E-state index contributed by atoms with van der Waals surface area (Å²) < 4.78 is 6.30. The van der Waals surface area contributed by atoms with E-state index in [1.54, 1.807) is 6.07 Å². The van der Waals surface area contributed by atoms with Gasteiger partial charge in [-0.15, -0.1) is 0 Å². The van der Waals surface area contributed by atoms with Gasteiger partial charge in [-0.2, -0.15) is 0 Å². The topological polar surface area (TPSA) is 79.0 Å². The minimum atomic E-state index is -0.552. The fourth-order valence-electron chi connectivity index (χ4n) is 4.03. The van der Waals surface area contributed by atoms with Crippen LogP contribution in [0.5, 0.6) is 0 Å². The Kier molecular flexibility index (Phi) is 6.68. The third kappa shape index (κ3) is 5.34. The number of hydrogen-bond donors (Lipinski definition) is 3. The summed E-state index contributed by atoms with van der Waals surface area (Å²) >= 11 is 20.1. The number of aromatic nitrogens is 2. The highest BCUT2D eigenvalue weighted by Gasteiger charge is 2.17. The lowest BCUT2D eigenvalue weighted by Crippen LogP contribution is -2.33. The molecule has 0 unspecified atom stereocenters. The van der Waals surface area contributed by atoms with Crippen molar-refractivity contribution < 1.29 is 9.53 Å². The minimum Gasteiger partial charge on any atom is -0.444 e. The van der Waals surface area contributed by atoms with Gasteiger partial charge in [0.05, 0.1) is 20.3 Å². The number of rotatable bonds is 5. The second-order valence-electron chi connectivity index (χ2n) is 9.43. The molecule has 3 aromatic carbocycles. The summed E-state index contributed by atoms with van der Waals surface area (Å²) in [6.07, 6.45) is 0.153. The van der Waals surface area contributed by atoms with Crippen LogP contribution in [-0.2, 0) is 11.2 Å². The Balaban J connectivity index is 1.49. The monoisotopic (exact) mass is 560 g/mol. The van der Waals surface area contributed by atoms with Gasteiger partial charge in [-0.1, -0.05) is 46.1 Å². The van der Waals surface area contributed by atoms with Crippen LogP contribution in [0.3, 0.4) is 0 Å². The Morgan fingerprint density at radius 1 is 1.06 bits per heavy atom. The number of benzene rings is 3. The van der Waals surface area contributed by atoms with Gasteiger partial charge in [-0.3, -0.25) is 0 Å². The number of aromatic amines is 1. The molecular weight excluding hydrogens is 539 g/mol. The zero-order valence-electron chi connectivity index (χ0n) is 19.8. The lowest BCUT2D eigenvalue weighted by Gasteiger charge is -2.19. The fraction of sp³-hybridized carbons (Fsp3) is 0.231. The number of ether oxygens (including phenoxy) is 1. The highest BCUT2D eigenvalue weighted by atomic mass is 35.5. The standard InChI is InChI=1S/C26H23Cl3N4O2S/c1-26(2,3)35-25(34)30-7-6-13-8-15(10-17-16-9-14(27)4-5-20(16)32-23(13)17)31-24-33-21-11-18(28)19(29)12-22(21)36-24/h4-5,8-12,32H,6-7H2,1-3H3,(H,30,34)(H,31,33). The smallest absolute Gasteiger partial charge is 0.407 e. The molecule has 186 valence electrons. The summed E-state index contributed by atoms with van der Waals surface area (Å²) in [5.74, 6) is 0. The van der Waals surface area contributed by atoms with Gasteiger partial charge < -0.3 is 20.4 Å². The predicted octanol–water partition coefficient (Wildman–Crippen LogP) is 8.70. The van der Waals surface area contributed by atoms with E-state index in [4.69, 9.17) is 39.5 Å². The molecule has 2 aromatic heterocycles. The Hall–Kier alpha value is -2.71. The molecule has 0 radical (unpaired) electrons. The molecule has 0 aliphatic rings. The van der Waals surface area contributed by atoms with Crippen molar-refractivity contribution in [3.05, 3.63) is 63.1 Å². The Labute approximate surface area is 226 Å². The third-order valence-electron chi connectivity index (χ3n) is 5.50. The maximum atomic E-state index is 12.1. The van der Waals surface area contributed by atoms with Crippen molar-refractivity contribution in [1.82, 2.24) is 15.3 Å². The molecule has 0 aliphatic carbocycles. The lowest BCUT2D eigenvalue weighted by molar-refractivity contribution is 0.0528. The maximum Gasteiger partial charge on any atom is 0.407 e. The van der Waals surface area contributed by atoms with E-state index in [2.05, 4.69) is 32.7 Å². The molecule has 0 bridgehead atoms. The van der Waals surface area contributed by atoms with Gasteiger partial charge >= 0.3 is 6.09 Å². The zero-order chi connectivity index (χ0) is 25.6. The molecule has 0 spiro atoms. The molecule has 0 saturated carbocycles. The molecule has 10 heteroatoms. The molecule has 0 atom stereocenters.